The number of phosphoric ester groups is 1. The molecule has 6 aromatic rings. The quantitative estimate of drug-likeness (QED) is 0.0122. The minimum atomic E-state index is -5.00. The number of phosphoric acid groups is 1. The number of nitrogens with zero attached hydrogens (tertiary/aromatic N) is 4. The Morgan fingerprint density at radius 2 is 1.31 bits per heavy atom. The number of rotatable bonds is 29. The zero-order valence-electron chi connectivity index (χ0n) is 52.5. The van der Waals surface area contributed by atoms with Crippen molar-refractivity contribution in [2.24, 2.45) is 17.4 Å². The number of nitrogens with one attached hydrogen (secondary N) is 5. The van der Waals surface area contributed by atoms with Crippen LogP contribution in [0.25, 0.3) is 21.5 Å². The van der Waals surface area contributed by atoms with Crippen LogP contribution >= 0.6 is 42.4 Å². The lowest BCUT2D eigenvalue weighted by Crippen LogP contribution is -2.57. The van der Waals surface area contributed by atoms with Crippen molar-refractivity contribution >= 4 is 129 Å². The molecule has 5 aromatic carbocycles. The number of unbranched alkanes of at least 4 members (excludes halogenated alkanes) is 1. The Balaban J connectivity index is 0.871. The van der Waals surface area contributed by atoms with Crippen LogP contribution in [-0.4, -0.2) is 156 Å². The van der Waals surface area contributed by atoms with Crippen LogP contribution in [0, 0.1) is 5.92 Å². The lowest BCUT2D eigenvalue weighted by molar-refractivity contribution is -0.133. The first-order valence-corrected chi connectivity index (χ1v) is 33.9. The Hall–Kier alpha value is -8.27. The van der Waals surface area contributed by atoms with Gasteiger partial charge in [-0.1, -0.05) is 74.5 Å². The maximum Gasteiger partial charge on any atom is 0.524 e. The average molecular weight is 1380 g/mol. The van der Waals surface area contributed by atoms with E-state index in [1.54, 1.807) is 91.5 Å². The van der Waals surface area contributed by atoms with Crippen LogP contribution in [0.15, 0.2) is 97.1 Å². The minimum absolute atomic E-state index is 0.0271. The number of likely N-dealkylation sites (N-methyl/N-ethyl adjacent to an activating group) is 2. The summed E-state index contributed by atoms with van der Waals surface area (Å²) < 4.78 is 28.8. The molecule has 0 radical (unpaired) electrons. The number of carbonyl (C=O) groups is 8. The third-order valence-corrected chi connectivity index (χ3v) is 18.5. The third-order valence-electron chi connectivity index (χ3n) is 16.2. The Bertz CT molecular complexity index is 3820. The van der Waals surface area contributed by atoms with Crippen LogP contribution in [0.5, 0.6) is 11.5 Å². The van der Waals surface area contributed by atoms with Crippen molar-refractivity contribution in [3.05, 3.63) is 124 Å². The average Bonchev–Trinajstić information content (AvgIpc) is 1.57. The number of aliphatic hydroxyl groups is 1. The molecule has 2 aliphatic heterocycles. The SMILES string of the molecule is CC(=O)NC(CCCCN)C(=O)NC(C(=O)NC(CCCNC(N)=O)C(=O)Nc1ccc(COC(=O)N(C)CCN(C)C(=O)Oc2cc3c(c4ccccc24)C(CCl)CN3C(O)c2ccc(C(=O)N3CC(CCl)c4c3cc(OP(=O)(O)O)c3ccccc43)s2)cc1)C(C)C. The van der Waals surface area contributed by atoms with E-state index in [0.717, 1.165) is 27.8 Å². The molecular formula is C64H78Cl2N11O15PS. The number of hydrogen-bond donors (Lipinski definition) is 10. The number of primary amides is 1. The van der Waals surface area contributed by atoms with Gasteiger partial charge in [0.05, 0.1) is 15.4 Å². The number of carbonyl (C=O) groups excluding carboxylic acids is 8. The molecule has 6 atom stereocenters. The number of nitrogens with two attached hydrogens (primary N) is 2. The highest BCUT2D eigenvalue weighted by atomic mass is 35.5. The molecule has 9 amide bonds. The first-order valence-electron chi connectivity index (χ1n) is 30.5. The lowest BCUT2D eigenvalue weighted by atomic mass is 9.95. The number of urea groups is 1. The monoisotopic (exact) mass is 1370 g/mol. The summed E-state index contributed by atoms with van der Waals surface area (Å²) >= 11 is 14.2. The highest BCUT2D eigenvalue weighted by Crippen LogP contribution is 2.51. The van der Waals surface area contributed by atoms with Crippen LogP contribution in [0.2, 0.25) is 0 Å². The van der Waals surface area contributed by atoms with Crippen LogP contribution in [0.3, 0.4) is 0 Å². The minimum Gasteiger partial charge on any atom is -0.445 e. The van der Waals surface area contributed by atoms with Crippen molar-refractivity contribution in [2.45, 2.75) is 95.7 Å². The maximum atomic E-state index is 14.5. The molecule has 6 unspecified atom stereocenters. The lowest BCUT2D eigenvalue weighted by Gasteiger charge is -2.27. The molecular weight excluding hydrogens is 1300 g/mol. The summed E-state index contributed by atoms with van der Waals surface area (Å²) in [5.74, 6) is -3.21. The van der Waals surface area contributed by atoms with E-state index in [4.69, 9.17) is 48.7 Å². The van der Waals surface area contributed by atoms with Crippen LogP contribution in [0.4, 0.5) is 31.4 Å². The largest absolute Gasteiger partial charge is 0.524 e. The van der Waals surface area contributed by atoms with E-state index in [1.165, 1.54) is 41.8 Å². The number of halogens is 2. The molecule has 1 aromatic heterocycles. The van der Waals surface area contributed by atoms with Gasteiger partial charge >= 0.3 is 26.0 Å². The number of ether oxygens (including phenoxy) is 2. The molecule has 0 aliphatic carbocycles. The Kier molecular flexibility index (Phi) is 24.6. The summed E-state index contributed by atoms with van der Waals surface area (Å²) in [6, 6.07) is 23.2. The molecule has 0 saturated carbocycles. The van der Waals surface area contributed by atoms with Gasteiger partial charge in [0.1, 0.15) is 36.2 Å². The molecule has 30 heteroatoms. The second-order valence-electron chi connectivity index (χ2n) is 23.3. The van der Waals surface area contributed by atoms with Crippen molar-refractivity contribution in [3.63, 3.8) is 0 Å². The summed E-state index contributed by atoms with van der Waals surface area (Å²) in [7, 11) is -1.98. The molecule has 8 rings (SSSR count). The second kappa shape index (κ2) is 32.2. The number of aliphatic hydroxyl groups excluding tert-OH is 1. The van der Waals surface area contributed by atoms with E-state index in [-0.39, 0.29) is 92.1 Å². The van der Waals surface area contributed by atoms with E-state index in [0.29, 0.717) is 69.5 Å². The predicted octanol–water partition coefficient (Wildman–Crippen LogP) is 7.69. The van der Waals surface area contributed by atoms with Crippen LogP contribution in [0.1, 0.15) is 102 Å². The van der Waals surface area contributed by atoms with Gasteiger partial charge in [0, 0.05) is 112 Å². The highest BCUT2D eigenvalue weighted by Gasteiger charge is 2.40. The van der Waals surface area contributed by atoms with Crippen molar-refractivity contribution in [3.8, 4) is 11.5 Å². The standard InChI is InChI=1S/C64H78Cl2N11O15PS/c1-36(2)56(73-58(80)46(70-37(3)78)17-10-11-25-67)59(81)72-47(18-12-26-69-62(68)84)57(79)71-41-21-19-38(20-22-41)35-90-63(85)74(4)27-28-75(5)64(86)91-50-29-48-54(44-15-8-6-13-42(44)50)39(31-65)33-76(48)60(82)52-23-24-53(94-52)61(83)77-34-40(32-66)55-45-16-9-7-14-43(45)51(30-49(55)77)92-93(87,88)89/h6-9,13-16,19-24,29-30,36,39-40,46-47,56,60,82H,10-12,17-18,25-28,31-35,67H2,1-5H3,(H,70,78)(H,71,79)(H,72,81)(H,73,80)(H3,68,69,84)(H2,87,88,89). The van der Waals surface area contributed by atoms with Crippen LogP contribution < -0.4 is 57.1 Å². The molecule has 0 spiro atoms. The fourth-order valence-electron chi connectivity index (χ4n) is 11.4. The number of benzene rings is 5. The number of fused-ring (bicyclic) bond motifs is 6. The van der Waals surface area contributed by atoms with Crippen molar-refractivity contribution in [1.29, 1.82) is 0 Å². The second-order valence-corrected chi connectivity index (χ2v) is 26.2. The molecule has 26 nitrogen and oxygen atoms in total. The molecule has 12 N–H and O–H groups in total. The topological polar surface area (TPSA) is 367 Å². The molecule has 0 fully saturated rings. The molecule has 2 aliphatic rings. The van der Waals surface area contributed by atoms with Gasteiger partial charge in [-0.3, -0.25) is 33.8 Å². The van der Waals surface area contributed by atoms with Gasteiger partial charge in [0.25, 0.3) is 5.91 Å². The van der Waals surface area contributed by atoms with Gasteiger partial charge in [-0.25, -0.2) is 18.9 Å². The van der Waals surface area contributed by atoms with E-state index < -0.39 is 85.8 Å². The normalized spacial score (nSPS) is 15.5. The zero-order valence-corrected chi connectivity index (χ0v) is 55.7. The Morgan fingerprint density at radius 3 is 1.91 bits per heavy atom. The molecule has 0 bridgehead atoms. The Morgan fingerprint density at radius 1 is 0.723 bits per heavy atom. The summed E-state index contributed by atoms with van der Waals surface area (Å²) in [4.78, 5) is 132. The molecule has 94 heavy (non-hydrogen) atoms. The summed E-state index contributed by atoms with van der Waals surface area (Å²) in [6.07, 6.45) is -0.920. The van der Waals surface area contributed by atoms with Gasteiger partial charge in [0.2, 0.25) is 23.6 Å². The summed E-state index contributed by atoms with van der Waals surface area (Å²) in [5.41, 5.74) is 14.3. The van der Waals surface area contributed by atoms with E-state index in [2.05, 4.69) is 26.6 Å². The molecule has 504 valence electrons. The first kappa shape index (κ1) is 71.6. The number of anilines is 3. The fraction of sp³-hybridized carbons (Fsp3) is 0.406. The Labute approximate surface area is 557 Å². The van der Waals surface area contributed by atoms with Crippen molar-refractivity contribution < 1.29 is 71.8 Å². The van der Waals surface area contributed by atoms with Gasteiger partial charge in [-0.05, 0) is 96.3 Å². The fourth-order valence-corrected chi connectivity index (χ4v) is 13.2. The van der Waals surface area contributed by atoms with Gasteiger partial charge in [-0.15, -0.1) is 34.5 Å². The van der Waals surface area contributed by atoms with E-state index in [9.17, 15) is 57.8 Å². The predicted molar refractivity (Wildman–Crippen MR) is 358 cm³/mol. The number of alkyl halides is 2. The number of amides is 9. The highest BCUT2D eigenvalue weighted by molar-refractivity contribution is 7.46. The van der Waals surface area contributed by atoms with Crippen molar-refractivity contribution in [2.75, 3.05) is 80.2 Å². The summed E-state index contributed by atoms with van der Waals surface area (Å²) in [6.45, 7) is 5.61. The number of hydrogen-bond acceptors (Lipinski definition) is 16. The first-order chi connectivity index (χ1) is 44.8. The van der Waals surface area contributed by atoms with Crippen molar-refractivity contribution in [1.82, 2.24) is 31.1 Å². The molecule has 3 heterocycles. The third kappa shape index (κ3) is 17.7. The van der Waals surface area contributed by atoms with E-state index >= 15 is 0 Å². The smallest absolute Gasteiger partial charge is 0.445 e. The van der Waals surface area contributed by atoms with Gasteiger partial charge < -0.3 is 76.8 Å². The molecule has 0 saturated heterocycles. The number of thiophene rings is 1. The maximum absolute atomic E-state index is 14.5. The van der Waals surface area contributed by atoms with Gasteiger partial charge in [0.15, 0.2) is 6.23 Å². The van der Waals surface area contributed by atoms with E-state index in [1.807, 2.05) is 18.2 Å². The van der Waals surface area contributed by atoms with Crippen LogP contribution in [-0.2, 0) is 35.1 Å². The zero-order chi connectivity index (χ0) is 68.1. The van der Waals surface area contributed by atoms with Gasteiger partial charge in [-0.2, -0.15) is 0 Å². The summed E-state index contributed by atoms with van der Waals surface area (Å²) in [5, 5.41) is 28.0.